The molecule has 2 heterocycles. The fourth-order valence-corrected chi connectivity index (χ4v) is 5.74. The first-order chi connectivity index (χ1) is 21.4. The monoisotopic (exact) mass is 592 g/mol. The van der Waals surface area contributed by atoms with Crippen LogP contribution in [-0.2, 0) is 24.4 Å². The lowest BCUT2D eigenvalue weighted by atomic mass is 10.0. The van der Waals surface area contributed by atoms with Gasteiger partial charge < -0.3 is 30.3 Å². The molecule has 2 amide bonds. The standard InChI is InChI=1S/C35H40N6O3/c1-24-17-32(38-44-24)34(42)37-31-20-30(11-12-33(31)40-15-13-39(2)14-16-40)29-8-4-7-27(19-29)23-41(35(43)28-9-10-28)22-26-6-3-5-25(18-26)21-36/h3-8,11-12,17-20,28H,9-10,13-16,21-23,36H2,1-2H3,(H,37,42). The van der Waals surface area contributed by atoms with Crippen molar-refractivity contribution in [3.63, 3.8) is 0 Å². The van der Waals surface area contributed by atoms with E-state index in [0.29, 0.717) is 25.4 Å². The number of hydrogen-bond acceptors (Lipinski definition) is 7. The highest BCUT2D eigenvalue weighted by Gasteiger charge is 2.33. The number of nitrogens with two attached hydrogens (primary N) is 1. The summed E-state index contributed by atoms with van der Waals surface area (Å²) in [5.41, 5.74) is 13.0. The molecule has 1 aliphatic carbocycles. The first-order valence-corrected chi connectivity index (χ1v) is 15.3. The Balaban J connectivity index is 1.27. The summed E-state index contributed by atoms with van der Waals surface area (Å²) in [5, 5.41) is 7.01. The van der Waals surface area contributed by atoms with E-state index in [1.165, 1.54) is 0 Å². The number of benzene rings is 3. The molecule has 2 fully saturated rings. The second-order valence-corrected chi connectivity index (χ2v) is 12.0. The summed E-state index contributed by atoms with van der Waals surface area (Å²) in [5.74, 6) is 0.605. The molecule has 44 heavy (non-hydrogen) atoms. The van der Waals surface area contributed by atoms with Crippen LogP contribution in [0.2, 0.25) is 0 Å². The van der Waals surface area contributed by atoms with Crippen LogP contribution >= 0.6 is 0 Å². The van der Waals surface area contributed by atoms with Crippen molar-refractivity contribution in [2.75, 3.05) is 43.4 Å². The van der Waals surface area contributed by atoms with Crippen LogP contribution in [0.1, 0.15) is 45.8 Å². The average Bonchev–Trinajstić information content (AvgIpc) is 3.80. The molecule has 1 saturated carbocycles. The van der Waals surface area contributed by atoms with E-state index < -0.39 is 0 Å². The van der Waals surface area contributed by atoms with Gasteiger partial charge in [0, 0.05) is 57.8 Å². The molecular weight excluding hydrogens is 552 g/mol. The largest absolute Gasteiger partial charge is 0.367 e. The first kappa shape index (κ1) is 29.6. The molecule has 2 aliphatic rings. The van der Waals surface area contributed by atoms with Crippen molar-refractivity contribution in [2.24, 2.45) is 11.7 Å². The van der Waals surface area contributed by atoms with Gasteiger partial charge in [-0.15, -0.1) is 0 Å². The molecule has 3 aromatic carbocycles. The fourth-order valence-electron chi connectivity index (χ4n) is 5.74. The van der Waals surface area contributed by atoms with Gasteiger partial charge in [-0.1, -0.05) is 53.7 Å². The molecule has 0 radical (unpaired) electrons. The number of amides is 2. The molecule has 9 heteroatoms. The van der Waals surface area contributed by atoms with E-state index in [9.17, 15) is 9.59 Å². The van der Waals surface area contributed by atoms with Crippen molar-refractivity contribution in [1.29, 1.82) is 0 Å². The molecule has 1 aliphatic heterocycles. The Labute approximate surface area is 258 Å². The minimum atomic E-state index is -0.309. The van der Waals surface area contributed by atoms with Crippen molar-refractivity contribution in [3.8, 4) is 11.1 Å². The summed E-state index contributed by atoms with van der Waals surface area (Å²) in [7, 11) is 2.12. The average molecular weight is 593 g/mol. The molecule has 9 nitrogen and oxygen atoms in total. The zero-order valence-corrected chi connectivity index (χ0v) is 25.5. The Morgan fingerprint density at radius 2 is 1.59 bits per heavy atom. The number of carbonyl (C=O) groups is 2. The third kappa shape index (κ3) is 7.01. The fraction of sp³-hybridized carbons (Fsp3) is 0.343. The van der Waals surface area contributed by atoms with Gasteiger partial charge in [0.15, 0.2) is 5.69 Å². The molecule has 1 saturated heterocycles. The molecule has 0 atom stereocenters. The number of aryl methyl sites for hydroxylation is 1. The minimum absolute atomic E-state index is 0.123. The van der Waals surface area contributed by atoms with E-state index in [2.05, 4.69) is 69.8 Å². The number of aromatic nitrogens is 1. The summed E-state index contributed by atoms with van der Waals surface area (Å²) < 4.78 is 5.14. The van der Waals surface area contributed by atoms with Crippen LogP contribution in [0.25, 0.3) is 11.1 Å². The normalized spacial score (nSPS) is 15.3. The van der Waals surface area contributed by atoms with Gasteiger partial charge in [-0.25, -0.2) is 0 Å². The summed E-state index contributed by atoms with van der Waals surface area (Å²) in [4.78, 5) is 33.1. The van der Waals surface area contributed by atoms with Crippen LogP contribution in [0, 0.1) is 12.8 Å². The van der Waals surface area contributed by atoms with Gasteiger partial charge in [0.2, 0.25) is 5.91 Å². The molecule has 1 aromatic heterocycles. The minimum Gasteiger partial charge on any atom is -0.367 e. The lowest BCUT2D eigenvalue weighted by Crippen LogP contribution is -2.44. The smallest absolute Gasteiger partial charge is 0.277 e. The summed E-state index contributed by atoms with van der Waals surface area (Å²) in [6, 6.07) is 24.3. The highest BCUT2D eigenvalue weighted by Crippen LogP contribution is 2.35. The number of carbonyl (C=O) groups excluding carboxylic acids is 2. The maximum absolute atomic E-state index is 13.3. The van der Waals surface area contributed by atoms with Gasteiger partial charge in [0.05, 0.1) is 11.4 Å². The number of rotatable bonds is 10. The Morgan fingerprint density at radius 1 is 0.909 bits per heavy atom. The van der Waals surface area contributed by atoms with E-state index in [4.69, 9.17) is 10.3 Å². The van der Waals surface area contributed by atoms with Crippen LogP contribution in [0.5, 0.6) is 0 Å². The van der Waals surface area contributed by atoms with E-state index in [1.807, 2.05) is 29.2 Å². The predicted octanol–water partition coefficient (Wildman–Crippen LogP) is 5.05. The Hall–Kier alpha value is -4.47. The van der Waals surface area contributed by atoms with Crippen molar-refractivity contribution >= 4 is 23.2 Å². The summed E-state index contributed by atoms with van der Waals surface area (Å²) in [6.07, 6.45) is 1.92. The molecule has 228 valence electrons. The van der Waals surface area contributed by atoms with Crippen LogP contribution in [-0.4, -0.2) is 60.0 Å². The maximum atomic E-state index is 13.3. The van der Waals surface area contributed by atoms with Crippen molar-refractivity contribution < 1.29 is 14.1 Å². The zero-order valence-electron chi connectivity index (χ0n) is 25.5. The second kappa shape index (κ2) is 13.0. The van der Waals surface area contributed by atoms with Gasteiger partial charge in [-0.3, -0.25) is 9.59 Å². The van der Waals surface area contributed by atoms with Gasteiger partial charge in [-0.2, -0.15) is 0 Å². The lowest BCUT2D eigenvalue weighted by molar-refractivity contribution is -0.133. The Kier molecular flexibility index (Phi) is 8.77. The summed E-state index contributed by atoms with van der Waals surface area (Å²) >= 11 is 0. The SMILES string of the molecule is Cc1cc(C(=O)Nc2cc(-c3cccc(CN(Cc4cccc(CN)c4)C(=O)C4CC4)c3)ccc2N2CCN(C)CC2)no1. The molecule has 3 N–H and O–H groups in total. The van der Waals surface area contributed by atoms with E-state index in [0.717, 1.165) is 78.2 Å². The Morgan fingerprint density at radius 3 is 2.27 bits per heavy atom. The first-order valence-electron chi connectivity index (χ1n) is 15.3. The predicted molar refractivity (Wildman–Crippen MR) is 172 cm³/mol. The molecule has 4 aromatic rings. The zero-order chi connectivity index (χ0) is 30.6. The van der Waals surface area contributed by atoms with Gasteiger partial charge in [-0.05, 0) is 72.8 Å². The van der Waals surface area contributed by atoms with Gasteiger partial charge in [0.1, 0.15) is 5.76 Å². The molecule has 0 unspecified atom stereocenters. The molecule has 6 rings (SSSR count). The second-order valence-electron chi connectivity index (χ2n) is 12.0. The maximum Gasteiger partial charge on any atom is 0.277 e. The number of nitrogens with one attached hydrogen (secondary N) is 1. The molecule has 0 spiro atoms. The van der Waals surface area contributed by atoms with Gasteiger partial charge in [0.25, 0.3) is 5.91 Å². The lowest BCUT2D eigenvalue weighted by Gasteiger charge is -2.35. The van der Waals surface area contributed by atoms with Gasteiger partial charge >= 0.3 is 0 Å². The van der Waals surface area contributed by atoms with Crippen LogP contribution < -0.4 is 16.0 Å². The van der Waals surface area contributed by atoms with E-state index in [1.54, 1.807) is 13.0 Å². The van der Waals surface area contributed by atoms with Crippen molar-refractivity contribution in [3.05, 3.63) is 101 Å². The highest BCUT2D eigenvalue weighted by atomic mass is 16.5. The molecule has 0 bridgehead atoms. The third-order valence-corrected chi connectivity index (χ3v) is 8.42. The number of likely N-dealkylation sites (N-methyl/N-ethyl adjacent to an activating group) is 1. The van der Waals surface area contributed by atoms with E-state index in [-0.39, 0.29) is 23.4 Å². The number of piperazine rings is 1. The molecular formula is C35H40N6O3. The summed E-state index contributed by atoms with van der Waals surface area (Å²) in [6.45, 7) is 6.95. The number of hydrogen-bond donors (Lipinski definition) is 2. The van der Waals surface area contributed by atoms with Crippen molar-refractivity contribution in [2.45, 2.75) is 39.4 Å². The van der Waals surface area contributed by atoms with Crippen LogP contribution in [0.3, 0.4) is 0 Å². The van der Waals surface area contributed by atoms with E-state index >= 15 is 0 Å². The Bertz CT molecular complexity index is 1640. The van der Waals surface area contributed by atoms with Crippen molar-refractivity contribution in [1.82, 2.24) is 15.0 Å². The number of anilines is 2. The quantitative estimate of drug-likeness (QED) is 0.265. The van der Waals surface area contributed by atoms with Crippen LogP contribution in [0.4, 0.5) is 11.4 Å². The van der Waals surface area contributed by atoms with Crippen LogP contribution in [0.15, 0.2) is 77.3 Å². The topological polar surface area (TPSA) is 108 Å². The highest BCUT2D eigenvalue weighted by molar-refractivity contribution is 6.05. The third-order valence-electron chi connectivity index (χ3n) is 8.42. The number of nitrogens with zero attached hydrogens (tertiary/aromatic N) is 4.